The summed E-state index contributed by atoms with van der Waals surface area (Å²) in [6.07, 6.45) is 2.46. The molecule has 0 aromatic carbocycles. The molecule has 0 saturated carbocycles. The molecule has 3 heteroatoms. The smallest absolute Gasteiger partial charge is 0.0598 e. The van der Waals surface area contributed by atoms with E-state index in [4.69, 9.17) is 0 Å². The van der Waals surface area contributed by atoms with Crippen molar-refractivity contribution < 1.29 is 0 Å². The second kappa shape index (κ2) is 6.09. The van der Waals surface area contributed by atoms with Gasteiger partial charge in [0, 0.05) is 5.75 Å². The van der Waals surface area contributed by atoms with E-state index < -0.39 is 0 Å². The van der Waals surface area contributed by atoms with E-state index in [1.807, 2.05) is 23.1 Å². The molecule has 0 radical (unpaired) electrons. The molecule has 0 nitrogen and oxygen atoms in total. The first-order chi connectivity index (χ1) is 6.76. The molecule has 1 heterocycles. The highest BCUT2D eigenvalue weighted by molar-refractivity contribution is 8.01. The zero-order chi connectivity index (χ0) is 10.4. The Bertz CT molecular complexity index is 229. The number of rotatable bonds is 6. The monoisotopic (exact) mass is 246 g/mol. The first-order valence-electron chi connectivity index (χ1n) is 5.03. The lowest BCUT2D eigenvalue weighted by molar-refractivity contribution is 0.357. The van der Waals surface area contributed by atoms with Crippen molar-refractivity contribution in [3.8, 4) is 0 Å². The first kappa shape index (κ1) is 12.5. The molecule has 0 spiro atoms. The zero-order valence-electron chi connectivity index (χ0n) is 8.82. The lowest BCUT2D eigenvalue weighted by Gasteiger charge is -2.29. The van der Waals surface area contributed by atoms with E-state index in [0.717, 1.165) is 5.75 Å². The van der Waals surface area contributed by atoms with Gasteiger partial charge in [-0.15, -0.1) is 23.1 Å². The number of thiol groups is 1. The molecule has 80 valence electrons. The third-order valence-corrected chi connectivity index (χ3v) is 6.00. The molecule has 1 aromatic rings. The van der Waals surface area contributed by atoms with Gasteiger partial charge < -0.3 is 0 Å². The van der Waals surface area contributed by atoms with Crippen LogP contribution < -0.4 is 0 Å². The van der Waals surface area contributed by atoms with Gasteiger partial charge in [0.1, 0.15) is 0 Å². The van der Waals surface area contributed by atoms with Crippen molar-refractivity contribution in [2.45, 2.75) is 30.9 Å². The summed E-state index contributed by atoms with van der Waals surface area (Å²) in [5.41, 5.74) is 0.428. The molecule has 0 N–H and O–H groups in total. The van der Waals surface area contributed by atoms with Crippen LogP contribution in [0.25, 0.3) is 0 Å². The Morgan fingerprint density at radius 2 is 2.14 bits per heavy atom. The third-order valence-electron chi connectivity index (χ3n) is 2.85. The van der Waals surface area contributed by atoms with E-state index in [9.17, 15) is 0 Å². The lowest BCUT2D eigenvalue weighted by Crippen LogP contribution is -2.23. The van der Waals surface area contributed by atoms with Crippen molar-refractivity contribution in [1.29, 1.82) is 0 Å². The highest BCUT2D eigenvalue weighted by atomic mass is 32.2. The molecule has 0 aliphatic carbocycles. The van der Waals surface area contributed by atoms with Gasteiger partial charge in [-0.3, -0.25) is 0 Å². The van der Waals surface area contributed by atoms with Crippen LogP contribution in [0.3, 0.4) is 0 Å². The van der Waals surface area contributed by atoms with Gasteiger partial charge in [-0.25, -0.2) is 0 Å². The van der Waals surface area contributed by atoms with Crippen LogP contribution in [0.5, 0.6) is 0 Å². The topological polar surface area (TPSA) is 0 Å². The highest BCUT2D eigenvalue weighted by Gasteiger charge is 2.24. The minimum Gasteiger partial charge on any atom is -0.179 e. The van der Waals surface area contributed by atoms with Gasteiger partial charge in [0.2, 0.25) is 0 Å². The molecule has 0 aliphatic rings. The van der Waals surface area contributed by atoms with E-state index in [1.165, 1.54) is 22.8 Å². The van der Waals surface area contributed by atoms with Crippen molar-refractivity contribution in [1.82, 2.24) is 0 Å². The van der Waals surface area contributed by atoms with Crippen LogP contribution in [0.2, 0.25) is 0 Å². The van der Waals surface area contributed by atoms with Crippen LogP contribution in [-0.4, -0.2) is 11.5 Å². The van der Waals surface area contributed by atoms with E-state index in [-0.39, 0.29) is 0 Å². The molecule has 0 saturated heterocycles. The van der Waals surface area contributed by atoms with Gasteiger partial charge in [-0.1, -0.05) is 19.9 Å². The molecule has 0 bridgehead atoms. The summed E-state index contributed by atoms with van der Waals surface area (Å²) in [7, 11) is 0. The largest absolute Gasteiger partial charge is 0.179 e. The maximum absolute atomic E-state index is 4.48. The summed E-state index contributed by atoms with van der Waals surface area (Å²) in [6.45, 7) is 4.55. The fourth-order valence-electron chi connectivity index (χ4n) is 1.29. The predicted molar refractivity (Wildman–Crippen MR) is 71.9 cm³/mol. The van der Waals surface area contributed by atoms with Crippen molar-refractivity contribution in [2.75, 3.05) is 11.5 Å². The molecule has 1 aromatic heterocycles. The molecule has 0 amide bonds. The second-order valence-electron chi connectivity index (χ2n) is 3.59. The molecule has 0 aliphatic heterocycles. The SMILES string of the molecule is CCC(CC)(CS)CSc1cccs1. The number of thioether (sulfide) groups is 1. The molecule has 0 unspecified atom stereocenters. The second-order valence-corrected chi connectivity index (χ2v) is 6.13. The standard InChI is InChI=1S/C11H18S3/c1-3-11(4-2,8-12)9-14-10-6-5-7-13-10/h5-7,12H,3-4,8-9H2,1-2H3. The first-order valence-corrected chi connectivity index (χ1v) is 7.53. The van der Waals surface area contributed by atoms with Gasteiger partial charge in [0.15, 0.2) is 0 Å². The van der Waals surface area contributed by atoms with Gasteiger partial charge >= 0.3 is 0 Å². The van der Waals surface area contributed by atoms with Crippen LogP contribution >= 0.6 is 35.7 Å². The van der Waals surface area contributed by atoms with Crippen molar-refractivity contribution in [3.05, 3.63) is 17.5 Å². The average molecular weight is 246 g/mol. The van der Waals surface area contributed by atoms with Crippen LogP contribution in [-0.2, 0) is 0 Å². The minimum atomic E-state index is 0.428. The van der Waals surface area contributed by atoms with Crippen molar-refractivity contribution in [2.24, 2.45) is 5.41 Å². The number of thiophene rings is 1. The summed E-state index contributed by atoms with van der Waals surface area (Å²) in [4.78, 5) is 0. The minimum absolute atomic E-state index is 0.428. The van der Waals surface area contributed by atoms with Crippen molar-refractivity contribution in [3.63, 3.8) is 0 Å². The Morgan fingerprint density at radius 1 is 1.43 bits per heavy atom. The van der Waals surface area contributed by atoms with Crippen LogP contribution in [0.4, 0.5) is 0 Å². The summed E-state index contributed by atoms with van der Waals surface area (Å²) < 4.78 is 1.43. The fraction of sp³-hybridized carbons (Fsp3) is 0.636. The Hall–Kier alpha value is 0.400. The summed E-state index contributed by atoms with van der Waals surface area (Å²) in [5, 5.41) is 2.14. The van der Waals surface area contributed by atoms with Crippen LogP contribution in [0, 0.1) is 5.41 Å². The quantitative estimate of drug-likeness (QED) is 0.566. The van der Waals surface area contributed by atoms with Crippen LogP contribution in [0.1, 0.15) is 26.7 Å². The average Bonchev–Trinajstić information content (AvgIpc) is 2.74. The van der Waals surface area contributed by atoms with Crippen molar-refractivity contribution >= 4 is 35.7 Å². The third kappa shape index (κ3) is 3.21. The summed E-state index contributed by atoms with van der Waals surface area (Å²) in [6, 6.07) is 4.32. The van der Waals surface area contributed by atoms with Crippen LogP contribution in [0.15, 0.2) is 21.7 Å². The Kier molecular flexibility index (Phi) is 5.42. The fourth-order valence-corrected chi connectivity index (χ4v) is 4.20. The van der Waals surface area contributed by atoms with Gasteiger partial charge in [-0.05, 0) is 35.5 Å². The summed E-state index contributed by atoms with van der Waals surface area (Å²) >= 11 is 8.29. The molecular weight excluding hydrogens is 228 g/mol. The Balaban J connectivity index is 2.48. The lowest BCUT2D eigenvalue weighted by atomic mass is 9.87. The van der Waals surface area contributed by atoms with E-state index in [2.05, 4.69) is 44.0 Å². The Morgan fingerprint density at radius 3 is 2.57 bits per heavy atom. The predicted octanol–water partition coefficient (Wildman–Crippen LogP) is 4.58. The number of hydrogen-bond acceptors (Lipinski definition) is 3. The van der Waals surface area contributed by atoms with E-state index in [0.29, 0.717) is 5.41 Å². The van der Waals surface area contributed by atoms with Gasteiger partial charge in [-0.2, -0.15) is 12.6 Å². The number of hydrogen-bond donors (Lipinski definition) is 1. The normalized spacial score (nSPS) is 11.9. The molecule has 1 rings (SSSR count). The van der Waals surface area contributed by atoms with E-state index in [1.54, 1.807) is 0 Å². The van der Waals surface area contributed by atoms with Gasteiger partial charge in [0.25, 0.3) is 0 Å². The molecule has 14 heavy (non-hydrogen) atoms. The summed E-state index contributed by atoms with van der Waals surface area (Å²) in [5.74, 6) is 2.20. The maximum Gasteiger partial charge on any atom is 0.0598 e. The zero-order valence-corrected chi connectivity index (χ0v) is 11.4. The van der Waals surface area contributed by atoms with E-state index >= 15 is 0 Å². The Labute approximate surface area is 101 Å². The molecule has 0 atom stereocenters. The molecular formula is C11H18S3. The maximum atomic E-state index is 4.48. The highest BCUT2D eigenvalue weighted by Crippen LogP contribution is 2.36. The molecule has 0 fully saturated rings. The van der Waals surface area contributed by atoms with Gasteiger partial charge in [0.05, 0.1) is 4.21 Å².